The molecule has 3 rings (SSSR count). The summed E-state index contributed by atoms with van der Waals surface area (Å²) in [6.07, 6.45) is 0. The van der Waals surface area contributed by atoms with Crippen LogP contribution in [0.25, 0.3) is 0 Å². The fraction of sp³-hybridized carbons (Fsp3) is 0.421. The lowest BCUT2D eigenvalue weighted by molar-refractivity contribution is -0.384. The smallest absolute Gasteiger partial charge is 0.269 e. The first-order valence-corrected chi connectivity index (χ1v) is 10.1. The van der Waals surface area contributed by atoms with Gasteiger partial charge in [-0.1, -0.05) is 6.07 Å². The van der Waals surface area contributed by atoms with E-state index in [0.29, 0.717) is 12.2 Å². The van der Waals surface area contributed by atoms with E-state index in [1.807, 2.05) is 13.0 Å². The van der Waals surface area contributed by atoms with E-state index in [4.69, 9.17) is 4.74 Å². The van der Waals surface area contributed by atoms with E-state index < -0.39 is 11.0 Å². The van der Waals surface area contributed by atoms with Gasteiger partial charge in [-0.15, -0.1) is 11.3 Å². The summed E-state index contributed by atoms with van der Waals surface area (Å²) in [7, 11) is 0. The van der Waals surface area contributed by atoms with Crippen LogP contribution in [0.5, 0.6) is 0 Å². The summed E-state index contributed by atoms with van der Waals surface area (Å²) in [5.41, 5.74) is 0.528. The van der Waals surface area contributed by atoms with Gasteiger partial charge in [-0.3, -0.25) is 19.8 Å². The van der Waals surface area contributed by atoms with E-state index in [2.05, 4.69) is 27.0 Å². The average Bonchev–Trinajstić information content (AvgIpc) is 3.23. The number of rotatable bonds is 8. The van der Waals surface area contributed by atoms with Crippen LogP contribution >= 0.6 is 11.3 Å². The average molecular weight is 404 g/mol. The first kappa shape index (κ1) is 20.4. The van der Waals surface area contributed by atoms with Crippen molar-refractivity contribution in [2.75, 3.05) is 38.2 Å². The molecule has 8 nitrogen and oxygen atoms in total. The van der Waals surface area contributed by atoms with Gasteiger partial charge in [0, 0.05) is 42.3 Å². The molecule has 2 N–H and O–H groups in total. The predicted molar refractivity (Wildman–Crippen MR) is 109 cm³/mol. The largest absolute Gasteiger partial charge is 0.379 e. The minimum absolute atomic E-state index is 0.00604. The van der Waals surface area contributed by atoms with Gasteiger partial charge >= 0.3 is 0 Å². The van der Waals surface area contributed by atoms with Crippen molar-refractivity contribution in [1.29, 1.82) is 0 Å². The molecular formula is C19H24N4O4S. The van der Waals surface area contributed by atoms with Gasteiger partial charge in [0.25, 0.3) is 5.69 Å². The molecule has 2 atom stereocenters. The molecule has 1 saturated heterocycles. The van der Waals surface area contributed by atoms with Crippen LogP contribution < -0.4 is 10.6 Å². The fourth-order valence-corrected chi connectivity index (χ4v) is 3.94. The van der Waals surface area contributed by atoms with Crippen molar-refractivity contribution < 1.29 is 14.5 Å². The predicted octanol–water partition coefficient (Wildman–Crippen LogP) is 2.65. The number of nitrogens with one attached hydrogen (secondary N) is 2. The van der Waals surface area contributed by atoms with Crippen molar-refractivity contribution >= 4 is 28.6 Å². The van der Waals surface area contributed by atoms with Crippen molar-refractivity contribution in [3.05, 3.63) is 56.8 Å². The SMILES string of the molecule is CC(NCC(c1cccs1)N1CCOCC1)C(=O)Nc1ccc([N+](=O)[O-])cc1. The molecular weight excluding hydrogens is 380 g/mol. The number of carbonyl (C=O) groups is 1. The Balaban J connectivity index is 1.56. The molecule has 9 heteroatoms. The van der Waals surface area contributed by atoms with Gasteiger partial charge in [-0.25, -0.2) is 0 Å². The Labute approximate surface area is 167 Å². The number of anilines is 1. The summed E-state index contributed by atoms with van der Waals surface area (Å²) in [5.74, 6) is -0.180. The lowest BCUT2D eigenvalue weighted by atomic mass is 10.1. The topological polar surface area (TPSA) is 96.7 Å². The van der Waals surface area contributed by atoms with Crippen LogP contribution in [0.1, 0.15) is 17.8 Å². The molecule has 1 aromatic carbocycles. The van der Waals surface area contributed by atoms with Crippen LogP contribution in [0.4, 0.5) is 11.4 Å². The maximum absolute atomic E-state index is 12.5. The normalized spacial score (nSPS) is 17.0. The highest BCUT2D eigenvalue weighted by atomic mass is 32.1. The van der Waals surface area contributed by atoms with Crippen molar-refractivity contribution in [1.82, 2.24) is 10.2 Å². The van der Waals surface area contributed by atoms with Crippen molar-refractivity contribution in [3.8, 4) is 0 Å². The molecule has 1 aliphatic heterocycles. The molecule has 150 valence electrons. The number of non-ortho nitro benzene ring substituents is 1. The third kappa shape index (κ3) is 5.35. The number of ether oxygens (including phenoxy) is 1. The Bertz CT molecular complexity index is 776. The van der Waals surface area contributed by atoms with Crippen LogP contribution in [0.15, 0.2) is 41.8 Å². The Morgan fingerprint density at radius 3 is 2.61 bits per heavy atom. The first-order chi connectivity index (χ1) is 13.5. The maximum Gasteiger partial charge on any atom is 0.269 e. The molecule has 2 aromatic rings. The van der Waals surface area contributed by atoms with Gasteiger partial charge in [0.05, 0.1) is 30.2 Å². The Morgan fingerprint density at radius 2 is 2.00 bits per heavy atom. The van der Waals surface area contributed by atoms with Crippen molar-refractivity contribution in [2.24, 2.45) is 0 Å². The number of nitro groups is 1. The van der Waals surface area contributed by atoms with Crippen molar-refractivity contribution in [3.63, 3.8) is 0 Å². The number of thiophene rings is 1. The van der Waals surface area contributed by atoms with Crippen molar-refractivity contribution in [2.45, 2.75) is 19.0 Å². The van der Waals surface area contributed by atoms with Gasteiger partial charge in [0.2, 0.25) is 5.91 Å². The lowest BCUT2D eigenvalue weighted by Gasteiger charge is -2.34. The Kier molecular flexibility index (Phi) is 7.10. The van der Waals surface area contributed by atoms with Crippen LogP contribution in [0.3, 0.4) is 0 Å². The second-order valence-corrected chi connectivity index (χ2v) is 7.58. The van der Waals surface area contributed by atoms with E-state index in [0.717, 1.165) is 26.3 Å². The molecule has 0 spiro atoms. The van der Waals surface area contributed by atoms with E-state index in [9.17, 15) is 14.9 Å². The molecule has 0 radical (unpaired) electrons. The summed E-state index contributed by atoms with van der Waals surface area (Å²) < 4.78 is 5.46. The number of nitro benzene ring substituents is 1. The number of nitrogens with zero attached hydrogens (tertiary/aromatic N) is 2. The van der Waals surface area contributed by atoms with Gasteiger partial charge < -0.3 is 15.4 Å². The van der Waals surface area contributed by atoms with E-state index in [1.165, 1.54) is 29.1 Å². The van der Waals surface area contributed by atoms with Crippen LogP contribution in [0.2, 0.25) is 0 Å². The van der Waals surface area contributed by atoms with E-state index >= 15 is 0 Å². The van der Waals surface area contributed by atoms with Gasteiger partial charge in [0.1, 0.15) is 0 Å². The number of morpholine rings is 1. The molecule has 0 aliphatic carbocycles. The van der Waals surface area contributed by atoms with Gasteiger partial charge in [-0.2, -0.15) is 0 Å². The summed E-state index contributed by atoms with van der Waals surface area (Å²) in [4.78, 5) is 26.4. The standard InChI is InChI=1S/C19H24N4O4S/c1-14(19(24)21-15-4-6-16(7-5-15)23(25)26)20-13-17(18-3-2-12-28-18)22-8-10-27-11-9-22/h2-7,12,14,17,20H,8-11,13H2,1H3,(H,21,24). The quantitative estimate of drug-likeness (QED) is 0.519. The molecule has 1 amide bonds. The van der Waals surface area contributed by atoms with Gasteiger partial charge in [0.15, 0.2) is 0 Å². The van der Waals surface area contributed by atoms with Crippen LogP contribution in [0, 0.1) is 10.1 Å². The highest BCUT2D eigenvalue weighted by Crippen LogP contribution is 2.25. The monoisotopic (exact) mass is 404 g/mol. The summed E-state index contributed by atoms with van der Waals surface area (Å²) >= 11 is 1.71. The summed E-state index contributed by atoms with van der Waals surface area (Å²) in [5, 5.41) is 18.9. The molecule has 0 saturated carbocycles. The number of benzene rings is 1. The van der Waals surface area contributed by atoms with E-state index in [1.54, 1.807) is 11.3 Å². The molecule has 28 heavy (non-hydrogen) atoms. The number of hydrogen-bond donors (Lipinski definition) is 2. The summed E-state index contributed by atoms with van der Waals surface area (Å²) in [6, 6.07) is 9.76. The third-order valence-corrected chi connectivity index (χ3v) is 5.69. The zero-order valence-electron chi connectivity index (χ0n) is 15.7. The summed E-state index contributed by atoms with van der Waals surface area (Å²) in [6.45, 7) is 5.64. The number of carbonyl (C=O) groups excluding carboxylic acids is 1. The molecule has 0 bridgehead atoms. The first-order valence-electron chi connectivity index (χ1n) is 9.18. The minimum atomic E-state index is -0.466. The second kappa shape index (κ2) is 9.74. The third-order valence-electron chi connectivity index (χ3n) is 4.71. The molecule has 2 unspecified atom stereocenters. The lowest BCUT2D eigenvalue weighted by Crippen LogP contribution is -2.46. The highest BCUT2D eigenvalue weighted by molar-refractivity contribution is 7.10. The highest BCUT2D eigenvalue weighted by Gasteiger charge is 2.24. The Morgan fingerprint density at radius 1 is 1.29 bits per heavy atom. The number of amides is 1. The molecule has 1 fully saturated rings. The van der Waals surface area contributed by atoms with Crippen LogP contribution in [-0.4, -0.2) is 54.6 Å². The number of hydrogen-bond acceptors (Lipinski definition) is 7. The maximum atomic E-state index is 12.5. The minimum Gasteiger partial charge on any atom is -0.379 e. The second-order valence-electron chi connectivity index (χ2n) is 6.60. The zero-order valence-corrected chi connectivity index (χ0v) is 16.5. The molecule has 1 aliphatic rings. The Hall–Kier alpha value is -2.33. The zero-order chi connectivity index (χ0) is 19.9. The molecule has 1 aromatic heterocycles. The van der Waals surface area contributed by atoms with E-state index in [-0.39, 0.29) is 17.6 Å². The van der Waals surface area contributed by atoms with Gasteiger partial charge in [-0.05, 0) is 30.5 Å². The fourth-order valence-electron chi connectivity index (χ4n) is 3.08. The molecule has 2 heterocycles. The van der Waals surface area contributed by atoms with Crippen LogP contribution in [-0.2, 0) is 9.53 Å².